The number of hydrogen-bond acceptors (Lipinski definition) is 5. The van der Waals surface area contributed by atoms with Crippen LogP contribution >= 0.6 is 11.8 Å². The van der Waals surface area contributed by atoms with Gasteiger partial charge in [0.1, 0.15) is 0 Å². The first-order chi connectivity index (χ1) is 12.3. The van der Waals surface area contributed by atoms with Crippen LogP contribution in [-0.4, -0.2) is 27.2 Å². The highest BCUT2D eigenvalue weighted by Gasteiger charge is 2.20. The maximum atomic E-state index is 13.0. The molecule has 1 fully saturated rings. The number of aromatic nitrogens is 3. The normalized spacial score (nSPS) is 17.2. The number of fused-ring (bicyclic) bond motifs is 1. The molecule has 25 heavy (non-hydrogen) atoms. The lowest BCUT2D eigenvalue weighted by atomic mass is 10.2. The second-order valence-corrected chi connectivity index (χ2v) is 7.01. The highest BCUT2D eigenvalue weighted by molar-refractivity contribution is 7.98. The number of thioether (sulfide) groups is 1. The van der Waals surface area contributed by atoms with E-state index in [-0.39, 0.29) is 11.7 Å². The number of benzene rings is 1. The maximum Gasteiger partial charge on any atom is 0.262 e. The van der Waals surface area contributed by atoms with Crippen molar-refractivity contribution in [1.82, 2.24) is 14.5 Å². The molecule has 3 aromatic rings. The number of pyridine rings is 1. The van der Waals surface area contributed by atoms with E-state index in [1.54, 1.807) is 22.5 Å². The quantitative estimate of drug-likeness (QED) is 0.520. The van der Waals surface area contributed by atoms with Crippen molar-refractivity contribution in [3.63, 3.8) is 0 Å². The van der Waals surface area contributed by atoms with Crippen molar-refractivity contribution in [1.29, 1.82) is 0 Å². The first kappa shape index (κ1) is 16.3. The molecule has 1 atom stereocenters. The lowest BCUT2D eigenvalue weighted by Gasteiger charge is -2.16. The van der Waals surface area contributed by atoms with Crippen LogP contribution in [-0.2, 0) is 17.0 Å². The first-order valence-corrected chi connectivity index (χ1v) is 9.44. The molecular weight excluding hydrogens is 334 g/mol. The first-order valence-electron chi connectivity index (χ1n) is 8.45. The molecule has 0 aliphatic carbocycles. The molecule has 0 unspecified atom stereocenters. The predicted molar refractivity (Wildman–Crippen MR) is 98.8 cm³/mol. The minimum absolute atomic E-state index is 0.00428. The molecule has 0 N–H and O–H groups in total. The van der Waals surface area contributed by atoms with Crippen molar-refractivity contribution in [2.24, 2.45) is 0 Å². The van der Waals surface area contributed by atoms with Gasteiger partial charge in [-0.1, -0.05) is 30.0 Å². The standard InChI is InChI=1S/C19H19N3O2S/c23-18-16-8-1-2-9-17(16)21-19(22(18)12-15-7-5-11-24-15)25-13-14-6-3-4-10-20-14/h1-4,6,8-10,15H,5,7,11-13H2/t15-/m1/s1. The predicted octanol–water partition coefficient (Wildman–Crippen LogP) is 3.26. The van der Waals surface area contributed by atoms with Crippen LogP contribution in [0.15, 0.2) is 58.6 Å². The summed E-state index contributed by atoms with van der Waals surface area (Å²) in [6, 6.07) is 13.4. The second-order valence-electron chi connectivity index (χ2n) is 6.07. The fraction of sp³-hybridized carbons (Fsp3) is 0.316. The van der Waals surface area contributed by atoms with Crippen LogP contribution in [0.25, 0.3) is 10.9 Å². The molecule has 1 aliphatic rings. The Kier molecular flexibility index (Phi) is 4.81. The van der Waals surface area contributed by atoms with Gasteiger partial charge in [0.05, 0.1) is 29.2 Å². The zero-order valence-electron chi connectivity index (χ0n) is 13.8. The topological polar surface area (TPSA) is 57.0 Å². The van der Waals surface area contributed by atoms with Gasteiger partial charge in [-0.3, -0.25) is 14.3 Å². The molecule has 0 amide bonds. The lowest BCUT2D eigenvalue weighted by Crippen LogP contribution is -2.28. The molecule has 0 radical (unpaired) electrons. The summed E-state index contributed by atoms with van der Waals surface area (Å²) in [7, 11) is 0. The van der Waals surface area contributed by atoms with Gasteiger partial charge in [-0.15, -0.1) is 0 Å². The van der Waals surface area contributed by atoms with Gasteiger partial charge in [0.15, 0.2) is 5.16 Å². The van der Waals surface area contributed by atoms with Crippen molar-refractivity contribution >= 4 is 22.7 Å². The van der Waals surface area contributed by atoms with Crippen molar-refractivity contribution in [2.75, 3.05) is 6.61 Å². The fourth-order valence-corrected chi connectivity index (χ4v) is 3.96. The van der Waals surface area contributed by atoms with Crippen molar-refractivity contribution in [2.45, 2.75) is 36.4 Å². The minimum atomic E-state index is 0.00428. The molecule has 1 aliphatic heterocycles. The van der Waals surface area contributed by atoms with E-state index in [4.69, 9.17) is 9.72 Å². The Morgan fingerprint density at radius 1 is 1.20 bits per heavy atom. The van der Waals surface area contributed by atoms with Crippen LogP contribution in [0.1, 0.15) is 18.5 Å². The van der Waals surface area contributed by atoms with Gasteiger partial charge in [-0.05, 0) is 37.1 Å². The Bertz CT molecular complexity index is 921. The molecular formula is C19H19N3O2S. The highest BCUT2D eigenvalue weighted by atomic mass is 32.2. The zero-order chi connectivity index (χ0) is 17.1. The van der Waals surface area contributed by atoms with E-state index in [1.807, 2.05) is 42.5 Å². The Morgan fingerprint density at radius 2 is 2.08 bits per heavy atom. The van der Waals surface area contributed by atoms with Gasteiger partial charge in [0.2, 0.25) is 0 Å². The van der Waals surface area contributed by atoms with Crippen LogP contribution in [0.3, 0.4) is 0 Å². The van der Waals surface area contributed by atoms with E-state index in [2.05, 4.69) is 4.98 Å². The van der Waals surface area contributed by atoms with Crippen LogP contribution in [0, 0.1) is 0 Å². The second kappa shape index (κ2) is 7.37. The average molecular weight is 353 g/mol. The summed E-state index contributed by atoms with van der Waals surface area (Å²) >= 11 is 1.55. The van der Waals surface area contributed by atoms with Gasteiger partial charge in [0.25, 0.3) is 5.56 Å². The Balaban J connectivity index is 1.70. The van der Waals surface area contributed by atoms with Gasteiger partial charge in [0, 0.05) is 18.6 Å². The Morgan fingerprint density at radius 3 is 2.88 bits per heavy atom. The Labute approximate surface area is 150 Å². The third-order valence-electron chi connectivity index (χ3n) is 4.31. The summed E-state index contributed by atoms with van der Waals surface area (Å²) < 4.78 is 7.50. The SMILES string of the molecule is O=c1c2ccccc2nc(SCc2ccccn2)n1C[C@H]1CCCO1. The van der Waals surface area contributed by atoms with Gasteiger partial charge in [-0.25, -0.2) is 4.98 Å². The van der Waals surface area contributed by atoms with E-state index in [1.165, 1.54) is 0 Å². The summed E-state index contributed by atoms with van der Waals surface area (Å²) in [4.78, 5) is 22.1. The van der Waals surface area contributed by atoms with Crippen molar-refractivity contribution < 1.29 is 4.74 Å². The molecule has 1 aromatic carbocycles. The number of ether oxygens (including phenoxy) is 1. The highest BCUT2D eigenvalue weighted by Crippen LogP contribution is 2.23. The largest absolute Gasteiger partial charge is 0.376 e. The number of rotatable bonds is 5. The molecule has 4 rings (SSSR count). The molecule has 3 heterocycles. The maximum absolute atomic E-state index is 13.0. The molecule has 0 saturated carbocycles. The number of hydrogen-bond donors (Lipinski definition) is 0. The molecule has 0 bridgehead atoms. The molecule has 128 valence electrons. The fourth-order valence-electron chi connectivity index (χ4n) is 3.03. The van der Waals surface area contributed by atoms with E-state index in [0.29, 0.717) is 17.7 Å². The van der Waals surface area contributed by atoms with Crippen LogP contribution in [0.2, 0.25) is 0 Å². The molecule has 1 saturated heterocycles. The molecule has 2 aromatic heterocycles. The summed E-state index contributed by atoms with van der Waals surface area (Å²) in [6.07, 6.45) is 3.92. The van der Waals surface area contributed by atoms with E-state index >= 15 is 0 Å². The Hall–Kier alpha value is -2.18. The average Bonchev–Trinajstić information content (AvgIpc) is 3.17. The molecule has 0 spiro atoms. The summed E-state index contributed by atoms with van der Waals surface area (Å²) in [5, 5.41) is 1.38. The van der Waals surface area contributed by atoms with Crippen LogP contribution in [0.4, 0.5) is 0 Å². The van der Waals surface area contributed by atoms with Crippen LogP contribution in [0.5, 0.6) is 0 Å². The third kappa shape index (κ3) is 3.60. The smallest absolute Gasteiger partial charge is 0.262 e. The number of para-hydroxylation sites is 1. The van der Waals surface area contributed by atoms with E-state index in [0.717, 1.165) is 35.8 Å². The van der Waals surface area contributed by atoms with Crippen molar-refractivity contribution in [3.05, 3.63) is 64.7 Å². The summed E-state index contributed by atoms with van der Waals surface area (Å²) in [6.45, 7) is 1.33. The lowest BCUT2D eigenvalue weighted by molar-refractivity contribution is 0.0937. The molecule has 6 heteroatoms. The third-order valence-corrected chi connectivity index (χ3v) is 5.32. The monoisotopic (exact) mass is 353 g/mol. The van der Waals surface area contributed by atoms with E-state index in [9.17, 15) is 4.79 Å². The summed E-state index contributed by atoms with van der Waals surface area (Å²) in [5.74, 6) is 0.678. The van der Waals surface area contributed by atoms with Gasteiger partial charge < -0.3 is 4.74 Å². The summed E-state index contributed by atoms with van der Waals surface area (Å²) in [5.41, 5.74) is 1.71. The van der Waals surface area contributed by atoms with Crippen LogP contribution < -0.4 is 5.56 Å². The number of nitrogens with zero attached hydrogens (tertiary/aromatic N) is 3. The van der Waals surface area contributed by atoms with Gasteiger partial charge >= 0.3 is 0 Å². The van der Waals surface area contributed by atoms with Crippen molar-refractivity contribution in [3.8, 4) is 0 Å². The minimum Gasteiger partial charge on any atom is -0.376 e. The van der Waals surface area contributed by atoms with Gasteiger partial charge in [-0.2, -0.15) is 0 Å². The molecule has 5 nitrogen and oxygen atoms in total. The van der Waals surface area contributed by atoms with E-state index < -0.39 is 0 Å². The zero-order valence-corrected chi connectivity index (χ0v) is 14.6.